The highest BCUT2D eigenvalue weighted by molar-refractivity contribution is 7.80. The molecule has 2 N–H and O–H groups in total. The van der Waals surface area contributed by atoms with E-state index in [1.807, 2.05) is 0 Å². The molecule has 90 valence electrons. The third-order valence-electron chi connectivity index (χ3n) is 2.31. The predicted molar refractivity (Wildman–Crippen MR) is 66.9 cm³/mol. The molecule has 0 fully saturated rings. The summed E-state index contributed by atoms with van der Waals surface area (Å²) in [5.41, 5.74) is 6.45. The Morgan fingerprint density at radius 2 is 1.62 bits per heavy atom. The van der Waals surface area contributed by atoms with Crippen molar-refractivity contribution in [2.24, 2.45) is 5.73 Å². The Labute approximate surface area is 101 Å². The Bertz CT molecular complexity index is 332. The van der Waals surface area contributed by atoms with Crippen LogP contribution < -0.4 is 19.9 Å². The van der Waals surface area contributed by atoms with Crippen LogP contribution in [0.25, 0.3) is 0 Å². The summed E-state index contributed by atoms with van der Waals surface area (Å²) in [5.74, 6) is 2.01. The topological polar surface area (TPSA) is 53.7 Å². The number of hydrogen-bond acceptors (Lipinski definition) is 5. The monoisotopic (exact) mass is 243 g/mol. The van der Waals surface area contributed by atoms with E-state index in [1.165, 1.54) is 0 Å². The highest BCUT2D eigenvalue weighted by Crippen LogP contribution is 2.40. The van der Waals surface area contributed by atoms with E-state index >= 15 is 0 Å². The van der Waals surface area contributed by atoms with Crippen LogP contribution in [0.1, 0.15) is 10.8 Å². The Balaban J connectivity index is 3.31. The van der Waals surface area contributed by atoms with Gasteiger partial charge in [-0.05, 0) is 0 Å². The minimum Gasteiger partial charge on any atom is -0.496 e. The molecule has 0 bridgehead atoms. The lowest BCUT2D eigenvalue weighted by Gasteiger charge is -2.18. The fourth-order valence-corrected chi connectivity index (χ4v) is 1.73. The summed E-state index contributed by atoms with van der Waals surface area (Å²) < 4.78 is 15.7. The van der Waals surface area contributed by atoms with Crippen molar-refractivity contribution in [3.05, 3.63) is 17.7 Å². The van der Waals surface area contributed by atoms with Gasteiger partial charge in [-0.2, -0.15) is 12.6 Å². The van der Waals surface area contributed by atoms with Gasteiger partial charge in [-0.3, -0.25) is 0 Å². The van der Waals surface area contributed by atoms with Crippen molar-refractivity contribution < 1.29 is 14.2 Å². The van der Waals surface area contributed by atoms with E-state index in [0.29, 0.717) is 23.8 Å². The number of ether oxygens (including phenoxy) is 3. The summed E-state index contributed by atoms with van der Waals surface area (Å²) in [6, 6.07) is 3.58. The zero-order chi connectivity index (χ0) is 12.1. The standard InChI is InChI=1S/C11H17NO3S/c1-13-7-4-8(14-2)11(10(16)6-12)9(5-7)15-3/h4-5,10,16H,6,12H2,1-3H3. The van der Waals surface area contributed by atoms with E-state index in [0.717, 1.165) is 5.56 Å². The summed E-state index contributed by atoms with van der Waals surface area (Å²) in [4.78, 5) is 0. The van der Waals surface area contributed by atoms with Crippen LogP contribution in [0.3, 0.4) is 0 Å². The van der Waals surface area contributed by atoms with Crippen molar-refractivity contribution in [2.45, 2.75) is 5.25 Å². The molecule has 1 aromatic carbocycles. The Kier molecular flexibility index (Phi) is 4.76. The average Bonchev–Trinajstić information content (AvgIpc) is 2.35. The Hall–Kier alpha value is -1.07. The fraction of sp³-hybridized carbons (Fsp3) is 0.455. The molecule has 0 spiro atoms. The van der Waals surface area contributed by atoms with E-state index in [9.17, 15) is 0 Å². The predicted octanol–water partition coefficient (Wildman–Crippen LogP) is 1.64. The fourth-order valence-electron chi connectivity index (χ4n) is 1.48. The minimum atomic E-state index is -0.129. The highest BCUT2D eigenvalue weighted by atomic mass is 32.1. The summed E-state index contributed by atoms with van der Waals surface area (Å²) in [5, 5.41) is -0.129. The van der Waals surface area contributed by atoms with Crippen LogP contribution in [-0.2, 0) is 0 Å². The number of benzene rings is 1. The lowest BCUT2D eigenvalue weighted by molar-refractivity contribution is 0.368. The van der Waals surface area contributed by atoms with Crippen LogP contribution in [0.15, 0.2) is 12.1 Å². The van der Waals surface area contributed by atoms with Crippen LogP contribution in [0.2, 0.25) is 0 Å². The van der Waals surface area contributed by atoms with Crippen molar-refractivity contribution in [1.29, 1.82) is 0 Å². The first-order valence-electron chi connectivity index (χ1n) is 4.86. The average molecular weight is 243 g/mol. The van der Waals surface area contributed by atoms with Gasteiger partial charge in [0.25, 0.3) is 0 Å². The smallest absolute Gasteiger partial charge is 0.130 e. The summed E-state index contributed by atoms with van der Waals surface area (Å²) in [6.07, 6.45) is 0. The lowest BCUT2D eigenvalue weighted by atomic mass is 10.1. The SMILES string of the molecule is COc1cc(OC)c(C(S)CN)c(OC)c1. The van der Waals surface area contributed by atoms with Crippen LogP contribution in [0, 0.1) is 0 Å². The van der Waals surface area contributed by atoms with Gasteiger partial charge in [-0.25, -0.2) is 0 Å². The maximum absolute atomic E-state index is 5.60. The molecule has 1 aromatic rings. The van der Waals surface area contributed by atoms with Gasteiger partial charge in [0, 0.05) is 23.9 Å². The maximum atomic E-state index is 5.60. The first-order chi connectivity index (χ1) is 7.67. The molecule has 0 saturated heterocycles. The quantitative estimate of drug-likeness (QED) is 0.772. The van der Waals surface area contributed by atoms with Gasteiger partial charge in [0.1, 0.15) is 17.2 Å². The molecule has 16 heavy (non-hydrogen) atoms. The molecule has 0 aliphatic carbocycles. The van der Waals surface area contributed by atoms with Gasteiger partial charge in [0.15, 0.2) is 0 Å². The van der Waals surface area contributed by atoms with Crippen molar-refractivity contribution >= 4 is 12.6 Å². The second kappa shape index (κ2) is 5.86. The van der Waals surface area contributed by atoms with Gasteiger partial charge in [-0.15, -0.1) is 0 Å². The van der Waals surface area contributed by atoms with Gasteiger partial charge in [0.2, 0.25) is 0 Å². The third kappa shape index (κ3) is 2.54. The third-order valence-corrected chi connectivity index (χ3v) is 2.78. The van der Waals surface area contributed by atoms with Crippen molar-refractivity contribution in [1.82, 2.24) is 0 Å². The van der Waals surface area contributed by atoms with Gasteiger partial charge in [-0.1, -0.05) is 0 Å². The Morgan fingerprint density at radius 1 is 1.12 bits per heavy atom. The molecule has 0 saturated carbocycles. The molecule has 4 nitrogen and oxygen atoms in total. The molecule has 5 heteroatoms. The molecule has 1 rings (SSSR count). The molecule has 0 aliphatic rings. The van der Waals surface area contributed by atoms with Crippen molar-refractivity contribution in [2.75, 3.05) is 27.9 Å². The van der Waals surface area contributed by atoms with Crippen LogP contribution >= 0.6 is 12.6 Å². The highest BCUT2D eigenvalue weighted by Gasteiger charge is 2.18. The first-order valence-corrected chi connectivity index (χ1v) is 5.37. The van der Waals surface area contributed by atoms with E-state index in [-0.39, 0.29) is 5.25 Å². The summed E-state index contributed by atoms with van der Waals surface area (Å²) >= 11 is 4.40. The van der Waals surface area contributed by atoms with Gasteiger partial charge < -0.3 is 19.9 Å². The van der Waals surface area contributed by atoms with E-state index in [2.05, 4.69) is 12.6 Å². The van der Waals surface area contributed by atoms with Crippen LogP contribution in [0.5, 0.6) is 17.2 Å². The van der Waals surface area contributed by atoms with Gasteiger partial charge in [0.05, 0.1) is 26.9 Å². The van der Waals surface area contributed by atoms with Crippen molar-refractivity contribution in [3.63, 3.8) is 0 Å². The second-order valence-corrected chi connectivity index (χ2v) is 3.82. The maximum Gasteiger partial charge on any atom is 0.130 e. The summed E-state index contributed by atoms with van der Waals surface area (Å²) in [6.45, 7) is 0.405. The van der Waals surface area contributed by atoms with E-state index in [1.54, 1.807) is 33.5 Å². The zero-order valence-corrected chi connectivity index (χ0v) is 10.6. The molecule has 0 aromatic heterocycles. The molecule has 0 heterocycles. The number of nitrogens with two attached hydrogens (primary N) is 1. The Morgan fingerprint density at radius 3 is 1.94 bits per heavy atom. The molecule has 1 atom stereocenters. The normalized spacial score (nSPS) is 12.1. The van der Waals surface area contributed by atoms with Gasteiger partial charge >= 0.3 is 0 Å². The molecule has 0 aliphatic heterocycles. The summed E-state index contributed by atoms with van der Waals surface area (Å²) in [7, 11) is 4.78. The molecular formula is C11H17NO3S. The number of thiol groups is 1. The van der Waals surface area contributed by atoms with Crippen LogP contribution in [0.4, 0.5) is 0 Å². The molecular weight excluding hydrogens is 226 g/mol. The van der Waals surface area contributed by atoms with E-state index < -0.39 is 0 Å². The second-order valence-electron chi connectivity index (χ2n) is 3.20. The molecule has 1 unspecified atom stereocenters. The number of methoxy groups -OCH3 is 3. The largest absolute Gasteiger partial charge is 0.496 e. The van der Waals surface area contributed by atoms with E-state index in [4.69, 9.17) is 19.9 Å². The number of rotatable bonds is 5. The molecule has 0 radical (unpaired) electrons. The number of hydrogen-bond donors (Lipinski definition) is 2. The van der Waals surface area contributed by atoms with Crippen LogP contribution in [-0.4, -0.2) is 27.9 Å². The zero-order valence-electron chi connectivity index (χ0n) is 9.69. The lowest BCUT2D eigenvalue weighted by Crippen LogP contribution is -2.10. The first kappa shape index (κ1) is 13.0. The van der Waals surface area contributed by atoms with Crippen molar-refractivity contribution in [3.8, 4) is 17.2 Å². The molecule has 0 amide bonds. The minimum absolute atomic E-state index is 0.129.